The Hall–Kier alpha value is -2.57. The van der Waals surface area contributed by atoms with Crippen LogP contribution in [0.3, 0.4) is 0 Å². The highest BCUT2D eigenvalue weighted by Gasteiger charge is 2.54. The Morgan fingerprint density at radius 1 is 1.13 bits per heavy atom. The van der Waals surface area contributed by atoms with Crippen LogP contribution in [-0.2, 0) is 14.4 Å². The van der Waals surface area contributed by atoms with E-state index < -0.39 is 30.7 Å². The second kappa shape index (κ2) is 10.5. The molecule has 3 aliphatic heterocycles. The summed E-state index contributed by atoms with van der Waals surface area (Å²) >= 11 is 6.06. The van der Waals surface area contributed by atoms with Crippen molar-refractivity contribution in [3.8, 4) is 0 Å². The van der Waals surface area contributed by atoms with E-state index in [0.717, 1.165) is 31.5 Å². The molecule has 13 heteroatoms. The summed E-state index contributed by atoms with van der Waals surface area (Å²) in [7, 11) is 0. The normalized spacial score (nSPS) is 27.1. The van der Waals surface area contributed by atoms with Gasteiger partial charge in [0.25, 0.3) is 5.91 Å². The van der Waals surface area contributed by atoms with Crippen molar-refractivity contribution in [3.63, 3.8) is 0 Å². The van der Waals surface area contributed by atoms with E-state index in [2.05, 4.69) is 10.9 Å². The Bertz CT molecular complexity index is 1060. The molecule has 1 spiro atoms. The van der Waals surface area contributed by atoms with Crippen molar-refractivity contribution in [1.29, 1.82) is 0 Å². The van der Waals surface area contributed by atoms with Crippen molar-refractivity contribution in [2.75, 3.05) is 44.3 Å². The van der Waals surface area contributed by atoms with Gasteiger partial charge in [0.2, 0.25) is 11.8 Å². The van der Waals surface area contributed by atoms with Gasteiger partial charge in [-0.15, -0.1) is 0 Å². The summed E-state index contributed by atoms with van der Waals surface area (Å²) in [6, 6.07) is 7.38. The summed E-state index contributed by atoms with van der Waals surface area (Å²) in [4.78, 5) is 44.4. The number of nitrogens with zero attached hydrogens (tertiary/aromatic N) is 3. The number of carbonyl (C=O) groups excluding carboxylic acids is 3. The third-order valence-electron chi connectivity index (χ3n) is 8.36. The first-order valence-electron chi connectivity index (χ1n) is 13.0. The average Bonchev–Trinajstić information content (AvgIpc) is 3.46. The van der Waals surface area contributed by atoms with Gasteiger partial charge < -0.3 is 20.0 Å². The smallest absolute Gasteiger partial charge is 0.345 e. The van der Waals surface area contributed by atoms with Crippen molar-refractivity contribution in [1.82, 2.24) is 26.0 Å². The van der Waals surface area contributed by atoms with Gasteiger partial charge in [0.15, 0.2) is 0 Å². The van der Waals surface area contributed by atoms with Gasteiger partial charge in [-0.05, 0) is 62.3 Å². The van der Waals surface area contributed by atoms with E-state index in [-0.39, 0.29) is 24.4 Å². The Morgan fingerprint density at radius 3 is 2.53 bits per heavy atom. The predicted octanol–water partition coefficient (Wildman–Crippen LogP) is 1.88. The van der Waals surface area contributed by atoms with Crippen LogP contribution in [0.1, 0.15) is 32.1 Å². The molecular weight excluding hydrogens is 525 g/mol. The summed E-state index contributed by atoms with van der Waals surface area (Å²) in [6.45, 7) is -0.232. The number of fused-ring (bicyclic) bond motifs is 1. The molecule has 3 saturated heterocycles. The lowest BCUT2D eigenvalue weighted by Crippen LogP contribution is -2.58. The first kappa shape index (κ1) is 27.0. The van der Waals surface area contributed by atoms with Gasteiger partial charge in [-0.25, -0.2) is 0 Å². The predicted molar refractivity (Wildman–Crippen MR) is 134 cm³/mol. The summed E-state index contributed by atoms with van der Waals surface area (Å²) in [5.41, 5.74) is 6.19. The molecule has 208 valence electrons. The third kappa shape index (κ3) is 5.43. The molecule has 38 heavy (non-hydrogen) atoms. The minimum Gasteiger partial charge on any atom is -0.345 e. The number of amides is 3. The molecule has 9 nitrogen and oxygen atoms in total. The number of rotatable bonds is 5. The van der Waals surface area contributed by atoms with Crippen LogP contribution >= 0.6 is 11.6 Å². The van der Waals surface area contributed by atoms with Crippen molar-refractivity contribution >= 4 is 35.0 Å². The molecule has 3 unspecified atom stereocenters. The molecule has 4 fully saturated rings. The van der Waals surface area contributed by atoms with E-state index in [1.807, 2.05) is 15.1 Å². The number of likely N-dealkylation sites (tertiary alicyclic amines) is 1. The fourth-order valence-electron chi connectivity index (χ4n) is 6.34. The highest BCUT2D eigenvalue weighted by Crippen LogP contribution is 2.41. The molecular formula is C25H32ClF3N6O3. The molecule has 3 heterocycles. The van der Waals surface area contributed by atoms with Gasteiger partial charge in [-0.3, -0.25) is 25.2 Å². The van der Waals surface area contributed by atoms with Crippen molar-refractivity contribution in [2.45, 2.75) is 49.9 Å². The average molecular weight is 557 g/mol. The maximum Gasteiger partial charge on any atom is 0.405 e. The third-order valence-corrected chi connectivity index (χ3v) is 8.61. The van der Waals surface area contributed by atoms with E-state index in [1.165, 1.54) is 4.90 Å². The molecule has 0 bridgehead atoms. The first-order chi connectivity index (χ1) is 18.1. The SMILES string of the molecule is O=C(CN1CN(c2ccc(Cl)cc2)C2(CCN(C(=O)C3CCC4NNCC4C3)CC2)C1=O)NCC(F)(F)F. The molecule has 1 aromatic rings. The second-order valence-corrected chi connectivity index (χ2v) is 11.1. The number of carbonyl (C=O) groups is 3. The molecule has 3 N–H and O–H groups in total. The zero-order valence-electron chi connectivity index (χ0n) is 20.9. The van der Waals surface area contributed by atoms with E-state index in [0.29, 0.717) is 42.9 Å². The standard InChI is InChI=1S/C25H32ClF3N6O3/c26-18-2-4-19(5-3-18)35-15-34(13-21(36)30-14-25(27,28)29)23(38)24(35)7-9-33(10-8-24)22(37)16-1-6-20-17(11-16)12-31-32-20/h2-5,16-17,20,31-32H,1,6-15H2,(H,30,36). The number of hydrogen-bond acceptors (Lipinski definition) is 6. The van der Waals surface area contributed by atoms with E-state index >= 15 is 0 Å². The Labute approximate surface area is 224 Å². The van der Waals surface area contributed by atoms with Gasteiger partial charge in [-0.1, -0.05) is 11.6 Å². The lowest BCUT2D eigenvalue weighted by molar-refractivity contribution is -0.144. The molecule has 3 amide bonds. The number of hydrazine groups is 1. The Kier molecular flexibility index (Phi) is 7.49. The van der Waals surface area contributed by atoms with Crippen LogP contribution < -0.4 is 21.1 Å². The molecule has 3 atom stereocenters. The van der Waals surface area contributed by atoms with Gasteiger partial charge in [-0.2, -0.15) is 13.2 Å². The van der Waals surface area contributed by atoms with Crippen LogP contribution in [0.4, 0.5) is 18.9 Å². The number of piperidine rings is 1. The van der Waals surface area contributed by atoms with Gasteiger partial charge in [0.05, 0.1) is 6.67 Å². The topological polar surface area (TPSA) is 97.0 Å². The van der Waals surface area contributed by atoms with Crippen molar-refractivity contribution in [2.24, 2.45) is 11.8 Å². The van der Waals surface area contributed by atoms with E-state index in [4.69, 9.17) is 11.6 Å². The molecule has 0 aromatic heterocycles. The molecule has 4 aliphatic rings. The lowest BCUT2D eigenvalue weighted by Gasteiger charge is -2.44. The molecule has 5 rings (SSSR count). The Morgan fingerprint density at radius 2 is 1.84 bits per heavy atom. The van der Waals surface area contributed by atoms with Crippen LogP contribution in [0.2, 0.25) is 5.02 Å². The monoisotopic (exact) mass is 556 g/mol. The zero-order chi connectivity index (χ0) is 27.1. The number of benzene rings is 1. The summed E-state index contributed by atoms with van der Waals surface area (Å²) < 4.78 is 37.7. The first-order valence-corrected chi connectivity index (χ1v) is 13.4. The van der Waals surface area contributed by atoms with Crippen LogP contribution in [0.25, 0.3) is 0 Å². The second-order valence-electron chi connectivity index (χ2n) is 10.7. The fourth-order valence-corrected chi connectivity index (χ4v) is 6.47. The van der Waals surface area contributed by atoms with Crippen molar-refractivity contribution < 1.29 is 27.6 Å². The summed E-state index contributed by atoms with van der Waals surface area (Å²) in [6.07, 6.45) is -1.20. The number of alkyl halides is 3. The summed E-state index contributed by atoms with van der Waals surface area (Å²) in [5, 5.41) is 2.37. The van der Waals surface area contributed by atoms with Crippen LogP contribution in [0.5, 0.6) is 0 Å². The summed E-state index contributed by atoms with van der Waals surface area (Å²) in [5.74, 6) is -0.666. The molecule has 1 aromatic carbocycles. The fraction of sp³-hybridized carbons (Fsp3) is 0.640. The van der Waals surface area contributed by atoms with E-state index in [1.54, 1.807) is 24.3 Å². The maximum atomic E-state index is 13.7. The van der Waals surface area contributed by atoms with Crippen LogP contribution in [0.15, 0.2) is 24.3 Å². The maximum absolute atomic E-state index is 13.7. The number of hydrogen-bond donors (Lipinski definition) is 3. The number of nitrogens with one attached hydrogen (secondary N) is 3. The number of anilines is 1. The molecule has 0 radical (unpaired) electrons. The highest BCUT2D eigenvalue weighted by molar-refractivity contribution is 6.30. The minimum absolute atomic E-state index is 0.0347. The lowest BCUT2D eigenvalue weighted by atomic mass is 9.77. The van der Waals surface area contributed by atoms with Gasteiger partial charge >= 0.3 is 6.18 Å². The quantitative estimate of drug-likeness (QED) is 0.512. The molecule has 1 saturated carbocycles. The van der Waals surface area contributed by atoms with Crippen molar-refractivity contribution in [3.05, 3.63) is 29.3 Å². The molecule has 1 aliphatic carbocycles. The highest BCUT2D eigenvalue weighted by atomic mass is 35.5. The van der Waals surface area contributed by atoms with Crippen LogP contribution in [-0.4, -0.2) is 84.7 Å². The number of halogens is 4. The minimum atomic E-state index is -4.54. The Balaban J connectivity index is 1.29. The van der Waals surface area contributed by atoms with Gasteiger partial charge in [0.1, 0.15) is 18.6 Å². The van der Waals surface area contributed by atoms with Crippen LogP contribution in [0, 0.1) is 11.8 Å². The van der Waals surface area contributed by atoms with E-state index in [9.17, 15) is 27.6 Å². The zero-order valence-corrected chi connectivity index (χ0v) is 21.7. The largest absolute Gasteiger partial charge is 0.405 e. The van der Waals surface area contributed by atoms with Gasteiger partial charge in [0, 0.05) is 42.3 Å².